The van der Waals surface area contributed by atoms with E-state index in [1.165, 1.54) is 19.3 Å². The summed E-state index contributed by atoms with van der Waals surface area (Å²) in [5.41, 5.74) is -2.00. The Morgan fingerprint density at radius 1 is 1.10 bits per heavy atom. The van der Waals surface area contributed by atoms with Crippen LogP contribution in [0.1, 0.15) is 32.7 Å². The molecule has 0 fully saturated rings. The smallest absolute Gasteiger partial charge is 0.396 e. The molecule has 8 nitrogen and oxygen atoms in total. The molecule has 0 aliphatic rings. The summed E-state index contributed by atoms with van der Waals surface area (Å²) in [4.78, 5) is 28.4. The van der Waals surface area contributed by atoms with Crippen LogP contribution < -0.4 is 16.0 Å². The molecule has 0 saturated carbocycles. The Bertz CT molecular complexity index is 953. The number of nitrogens with one attached hydrogen (secondary N) is 3. The first-order valence-corrected chi connectivity index (χ1v) is 8.98. The van der Waals surface area contributed by atoms with Crippen molar-refractivity contribution in [2.24, 2.45) is 0 Å². The topological polar surface area (TPSA) is 124 Å². The number of carbonyl (C=O) groups is 2. The lowest BCUT2D eigenvalue weighted by atomic mass is 10.1. The maximum Gasteiger partial charge on any atom is 0.416 e. The Kier molecular flexibility index (Phi) is 7.89. The van der Waals surface area contributed by atoms with E-state index >= 15 is 0 Å². The number of rotatable bonds is 8. The summed E-state index contributed by atoms with van der Waals surface area (Å²) < 4.78 is 52.4. The molecule has 1 aromatic heterocycles. The number of aromatic nitrogens is 1. The molecule has 1 heterocycles. The molecule has 1 unspecified atom stereocenters. The Morgan fingerprint density at radius 3 is 2.39 bits per heavy atom. The van der Waals surface area contributed by atoms with E-state index in [2.05, 4.69) is 20.9 Å². The zero-order valence-corrected chi connectivity index (χ0v) is 16.3. The number of aliphatic hydroxyl groups excluding tert-OH is 2. The lowest BCUT2D eigenvalue weighted by molar-refractivity contribution is -0.137. The summed E-state index contributed by atoms with van der Waals surface area (Å²) in [5, 5.41) is 25.9. The van der Waals surface area contributed by atoms with Gasteiger partial charge in [-0.25, -0.2) is 9.37 Å². The van der Waals surface area contributed by atoms with Crippen molar-refractivity contribution in [1.82, 2.24) is 10.3 Å². The van der Waals surface area contributed by atoms with E-state index in [9.17, 15) is 32.3 Å². The van der Waals surface area contributed by atoms with Gasteiger partial charge in [-0.05, 0) is 30.7 Å². The number of hydrogen-bond acceptors (Lipinski definition) is 6. The third kappa shape index (κ3) is 6.36. The predicted molar refractivity (Wildman–Crippen MR) is 103 cm³/mol. The van der Waals surface area contributed by atoms with E-state index in [4.69, 9.17) is 5.11 Å². The van der Waals surface area contributed by atoms with Crippen molar-refractivity contribution in [3.8, 4) is 0 Å². The van der Waals surface area contributed by atoms with Crippen LogP contribution in [0, 0.1) is 5.82 Å². The number of nitrogens with zero attached hydrogens (tertiary/aromatic N) is 1. The first-order chi connectivity index (χ1) is 14.6. The third-order valence-electron chi connectivity index (χ3n) is 4.15. The molecule has 12 heteroatoms. The minimum Gasteiger partial charge on any atom is -0.396 e. The fourth-order valence-corrected chi connectivity index (χ4v) is 2.58. The van der Waals surface area contributed by atoms with E-state index < -0.39 is 47.6 Å². The molecule has 1 atom stereocenters. The number of alkyl halides is 3. The molecule has 1 aromatic carbocycles. The van der Waals surface area contributed by atoms with E-state index in [1.807, 2.05) is 0 Å². The highest BCUT2D eigenvalue weighted by Gasteiger charge is 2.32. The van der Waals surface area contributed by atoms with Gasteiger partial charge >= 0.3 is 6.18 Å². The maximum atomic E-state index is 13.6. The van der Waals surface area contributed by atoms with Gasteiger partial charge in [0.15, 0.2) is 0 Å². The lowest BCUT2D eigenvalue weighted by Gasteiger charge is -2.19. The van der Waals surface area contributed by atoms with Gasteiger partial charge in [-0.3, -0.25) is 9.59 Å². The van der Waals surface area contributed by atoms with E-state index in [0.29, 0.717) is 12.1 Å². The van der Waals surface area contributed by atoms with Crippen LogP contribution in [0.4, 0.5) is 29.1 Å². The second-order valence-corrected chi connectivity index (χ2v) is 6.42. The van der Waals surface area contributed by atoms with Crippen LogP contribution in [0.25, 0.3) is 0 Å². The van der Waals surface area contributed by atoms with Crippen molar-refractivity contribution in [1.29, 1.82) is 0 Å². The molecular formula is C19H20F4N4O4. The Balaban J connectivity index is 2.42. The number of amides is 2. The Labute approximate surface area is 174 Å². The van der Waals surface area contributed by atoms with Crippen LogP contribution in [-0.2, 0) is 6.18 Å². The summed E-state index contributed by atoms with van der Waals surface area (Å²) in [6.07, 6.45) is -3.56. The summed E-state index contributed by atoms with van der Waals surface area (Å²) in [5.74, 6) is -2.89. The minimum atomic E-state index is -4.86. The van der Waals surface area contributed by atoms with Crippen LogP contribution in [-0.4, -0.2) is 53.3 Å². The van der Waals surface area contributed by atoms with Crippen molar-refractivity contribution < 1.29 is 37.4 Å². The number of anilines is 2. The molecule has 0 saturated heterocycles. The molecule has 2 aromatic rings. The normalized spacial score (nSPS) is 12.2. The van der Waals surface area contributed by atoms with Gasteiger partial charge in [-0.15, -0.1) is 0 Å². The standard InChI is InChI=1S/C19H20F4N4O4/c1-24-17(30)11-6-15(16(25-8-11)26-14(9-29)2-3-28)27-18(31)10-4-12(19(21,22)23)7-13(20)5-10/h4-8,14,28-29H,2-3,9H2,1H3,(H,24,30)(H,25,26)(H,27,31). The quantitative estimate of drug-likeness (QED) is 0.397. The SMILES string of the molecule is CNC(=O)c1cnc(NC(CO)CCO)c(NC(=O)c2cc(F)cc(C(F)(F)F)c2)c1. The average Bonchev–Trinajstić information content (AvgIpc) is 2.72. The monoisotopic (exact) mass is 444 g/mol. The summed E-state index contributed by atoms with van der Waals surface area (Å²) in [7, 11) is 1.36. The number of benzene rings is 1. The minimum absolute atomic E-state index is 0.0130. The molecule has 0 aliphatic heterocycles. The largest absolute Gasteiger partial charge is 0.416 e. The highest BCUT2D eigenvalue weighted by Crippen LogP contribution is 2.31. The van der Waals surface area contributed by atoms with Crippen molar-refractivity contribution in [3.63, 3.8) is 0 Å². The summed E-state index contributed by atoms with van der Waals surface area (Å²) in [6.45, 7) is -0.661. The molecule has 5 N–H and O–H groups in total. The van der Waals surface area contributed by atoms with Gasteiger partial charge in [0.2, 0.25) is 0 Å². The third-order valence-corrected chi connectivity index (χ3v) is 4.15. The van der Waals surface area contributed by atoms with Gasteiger partial charge in [0, 0.05) is 25.4 Å². The fraction of sp³-hybridized carbons (Fsp3) is 0.316. The highest BCUT2D eigenvalue weighted by molar-refractivity contribution is 6.06. The van der Waals surface area contributed by atoms with Gasteiger partial charge in [-0.1, -0.05) is 0 Å². The van der Waals surface area contributed by atoms with Gasteiger partial charge in [0.1, 0.15) is 11.6 Å². The molecule has 0 aliphatic carbocycles. The highest BCUT2D eigenvalue weighted by atomic mass is 19.4. The maximum absolute atomic E-state index is 13.6. The van der Waals surface area contributed by atoms with Gasteiger partial charge < -0.3 is 26.2 Å². The van der Waals surface area contributed by atoms with Gasteiger partial charge in [0.05, 0.1) is 29.5 Å². The van der Waals surface area contributed by atoms with E-state index in [1.54, 1.807) is 0 Å². The number of pyridine rings is 1. The fourth-order valence-electron chi connectivity index (χ4n) is 2.58. The van der Waals surface area contributed by atoms with Crippen molar-refractivity contribution in [2.45, 2.75) is 18.6 Å². The van der Waals surface area contributed by atoms with Crippen LogP contribution in [0.15, 0.2) is 30.5 Å². The number of halogens is 4. The number of carbonyl (C=O) groups excluding carboxylic acids is 2. The van der Waals surface area contributed by atoms with Gasteiger partial charge in [-0.2, -0.15) is 13.2 Å². The van der Waals surface area contributed by atoms with E-state index in [-0.39, 0.29) is 36.2 Å². The Hall–Kier alpha value is -3.25. The molecule has 2 rings (SSSR count). The van der Waals surface area contributed by atoms with Crippen LogP contribution in [0.5, 0.6) is 0 Å². The first-order valence-electron chi connectivity index (χ1n) is 8.98. The van der Waals surface area contributed by atoms with Crippen molar-refractivity contribution in [3.05, 3.63) is 53.0 Å². The van der Waals surface area contributed by atoms with Crippen molar-refractivity contribution >= 4 is 23.3 Å². The molecule has 0 bridgehead atoms. The first kappa shape index (κ1) is 24.0. The molecule has 31 heavy (non-hydrogen) atoms. The number of aliphatic hydroxyl groups is 2. The zero-order valence-electron chi connectivity index (χ0n) is 16.3. The lowest BCUT2D eigenvalue weighted by Crippen LogP contribution is -2.27. The predicted octanol–water partition coefficient (Wildman–Crippen LogP) is 2.01. The molecule has 2 amide bonds. The zero-order chi connectivity index (χ0) is 23.2. The molecular weight excluding hydrogens is 424 g/mol. The summed E-state index contributed by atoms with van der Waals surface area (Å²) in [6, 6.07) is 1.94. The van der Waals surface area contributed by atoms with Crippen LogP contribution in [0.3, 0.4) is 0 Å². The second kappa shape index (κ2) is 10.2. The number of hydrogen-bond donors (Lipinski definition) is 5. The summed E-state index contributed by atoms with van der Waals surface area (Å²) >= 11 is 0. The molecule has 168 valence electrons. The Morgan fingerprint density at radius 2 is 1.81 bits per heavy atom. The van der Waals surface area contributed by atoms with Gasteiger partial charge in [0.25, 0.3) is 11.8 Å². The van der Waals surface area contributed by atoms with Crippen LogP contribution >= 0.6 is 0 Å². The molecule has 0 spiro atoms. The second-order valence-electron chi connectivity index (χ2n) is 6.42. The van der Waals surface area contributed by atoms with Crippen molar-refractivity contribution in [2.75, 3.05) is 30.9 Å². The van der Waals surface area contributed by atoms with Crippen LogP contribution in [0.2, 0.25) is 0 Å². The van der Waals surface area contributed by atoms with E-state index in [0.717, 1.165) is 0 Å². The molecule has 0 radical (unpaired) electrons. The average molecular weight is 444 g/mol.